The molecule has 8 nitrogen and oxygen atoms in total. The van der Waals surface area contributed by atoms with Crippen LogP contribution in [0.15, 0.2) is 63.6 Å². The fourth-order valence-corrected chi connectivity index (χ4v) is 4.85. The van der Waals surface area contributed by atoms with Crippen molar-refractivity contribution in [2.75, 3.05) is 20.3 Å². The van der Waals surface area contributed by atoms with Crippen LogP contribution >= 0.6 is 11.3 Å². The van der Waals surface area contributed by atoms with Crippen LogP contribution < -0.4 is 5.32 Å². The zero-order chi connectivity index (χ0) is 23.7. The van der Waals surface area contributed by atoms with Crippen LogP contribution in [0.3, 0.4) is 0 Å². The molecule has 0 spiro atoms. The van der Waals surface area contributed by atoms with Crippen molar-refractivity contribution in [1.29, 1.82) is 0 Å². The number of carbonyl (C=O) groups is 4. The summed E-state index contributed by atoms with van der Waals surface area (Å²) in [5, 5.41) is 6.80. The Balaban J connectivity index is 1.52. The number of allylic oxidation sites excluding steroid dienone is 2. The Hall–Kier alpha value is -3.72. The Morgan fingerprint density at radius 2 is 1.61 bits per heavy atom. The topological polar surface area (TPSA) is 102 Å². The predicted molar refractivity (Wildman–Crippen MR) is 120 cm³/mol. The van der Waals surface area contributed by atoms with Crippen LogP contribution in [0.1, 0.15) is 46.0 Å². The van der Waals surface area contributed by atoms with Gasteiger partial charge in [0.05, 0.1) is 41.8 Å². The molecule has 4 rings (SSSR count). The lowest BCUT2D eigenvalue weighted by Crippen LogP contribution is -2.35. The number of hydrogen-bond donors (Lipinski definition) is 1. The number of amides is 2. The summed E-state index contributed by atoms with van der Waals surface area (Å²) in [7, 11) is 1.29. The van der Waals surface area contributed by atoms with Crippen molar-refractivity contribution < 1.29 is 28.7 Å². The smallest absolute Gasteiger partial charge is 0.336 e. The van der Waals surface area contributed by atoms with E-state index in [-0.39, 0.29) is 18.7 Å². The van der Waals surface area contributed by atoms with E-state index in [9.17, 15) is 19.2 Å². The number of nitrogens with one attached hydrogen (secondary N) is 1. The first-order valence-corrected chi connectivity index (χ1v) is 11.2. The van der Waals surface area contributed by atoms with Gasteiger partial charge in [0.25, 0.3) is 11.8 Å². The summed E-state index contributed by atoms with van der Waals surface area (Å²) in [5.74, 6) is -2.66. The average Bonchev–Trinajstić information content (AvgIpc) is 3.41. The number of fused-ring (bicyclic) bond motifs is 1. The Morgan fingerprint density at radius 1 is 1.00 bits per heavy atom. The zero-order valence-electron chi connectivity index (χ0n) is 18.3. The molecule has 0 fully saturated rings. The first-order valence-electron chi connectivity index (χ1n) is 10.3. The van der Waals surface area contributed by atoms with E-state index in [0.29, 0.717) is 28.1 Å². The van der Waals surface area contributed by atoms with Gasteiger partial charge in [0, 0.05) is 11.4 Å². The van der Waals surface area contributed by atoms with Gasteiger partial charge in [-0.1, -0.05) is 12.1 Å². The van der Waals surface area contributed by atoms with Gasteiger partial charge < -0.3 is 14.8 Å². The molecule has 2 amide bonds. The van der Waals surface area contributed by atoms with Crippen molar-refractivity contribution in [1.82, 2.24) is 10.2 Å². The van der Waals surface area contributed by atoms with Crippen molar-refractivity contribution in [2.24, 2.45) is 0 Å². The van der Waals surface area contributed by atoms with Crippen LogP contribution in [0.4, 0.5) is 0 Å². The highest BCUT2D eigenvalue weighted by atomic mass is 32.1. The molecule has 1 N–H and O–H groups in total. The molecule has 0 saturated heterocycles. The third-order valence-electron chi connectivity index (χ3n) is 5.69. The Labute approximate surface area is 194 Å². The molecule has 33 heavy (non-hydrogen) atoms. The maximum absolute atomic E-state index is 13.2. The van der Waals surface area contributed by atoms with Gasteiger partial charge in [0.2, 0.25) is 0 Å². The number of hydrogen-bond acceptors (Lipinski definition) is 8. The van der Waals surface area contributed by atoms with Gasteiger partial charge in [-0.2, -0.15) is 11.3 Å². The van der Waals surface area contributed by atoms with Gasteiger partial charge in [-0.25, -0.2) is 9.59 Å². The second-order valence-corrected chi connectivity index (χ2v) is 8.41. The highest BCUT2D eigenvalue weighted by Gasteiger charge is 2.39. The van der Waals surface area contributed by atoms with Crippen LogP contribution in [-0.2, 0) is 19.1 Å². The summed E-state index contributed by atoms with van der Waals surface area (Å²) in [6, 6.07) is 8.42. The number of esters is 2. The van der Waals surface area contributed by atoms with Crippen LogP contribution in [0.5, 0.6) is 0 Å². The number of benzene rings is 1. The van der Waals surface area contributed by atoms with E-state index in [0.717, 1.165) is 10.5 Å². The van der Waals surface area contributed by atoms with Crippen molar-refractivity contribution >= 4 is 35.1 Å². The third-order valence-corrected chi connectivity index (χ3v) is 6.39. The number of carbonyl (C=O) groups excluding carboxylic acids is 4. The summed E-state index contributed by atoms with van der Waals surface area (Å²) >= 11 is 1.45. The van der Waals surface area contributed by atoms with Crippen molar-refractivity contribution in [3.63, 3.8) is 0 Å². The Kier molecular flexibility index (Phi) is 6.15. The van der Waals surface area contributed by atoms with E-state index in [2.05, 4.69) is 5.32 Å². The van der Waals surface area contributed by atoms with Gasteiger partial charge in [0.15, 0.2) is 0 Å². The minimum absolute atomic E-state index is 0.0698. The summed E-state index contributed by atoms with van der Waals surface area (Å²) < 4.78 is 10.4. The summed E-state index contributed by atoms with van der Waals surface area (Å²) in [6.07, 6.45) is 0. The predicted octanol–water partition coefficient (Wildman–Crippen LogP) is 3.00. The van der Waals surface area contributed by atoms with Crippen LogP contribution in [0.2, 0.25) is 0 Å². The molecule has 0 radical (unpaired) electrons. The molecule has 2 aromatic rings. The lowest BCUT2D eigenvalue weighted by molar-refractivity contribution is -0.139. The molecule has 9 heteroatoms. The number of rotatable bonds is 6. The van der Waals surface area contributed by atoms with E-state index in [1.54, 1.807) is 38.1 Å². The molecular weight excluding hydrogens is 444 g/mol. The van der Waals surface area contributed by atoms with E-state index in [1.165, 1.54) is 18.4 Å². The standard InChI is InChI=1S/C24H22N2O6S/c1-13-18(23(29)31-3)20(15-8-11-33-12-15)19(14(2)25-13)24(30)32-10-9-26-21(27)16-6-4-5-7-17(16)22(26)28/h4-8,11-12,20,25H,9-10H2,1-3H3. The quantitative estimate of drug-likeness (QED) is 0.516. The van der Waals surface area contributed by atoms with Gasteiger partial charge >= 0.3 is 11.9 Å². The second-order valence-electron chi connectivity index (χ2n) is 7.63. The van der Waals surface area contributed by atoms with Gasteiger partial charge in [-0.15, -0.1) is 0 Å². The summed E-state index contributed by atoms with van der Waals surface area (Å²) in [4.78, 5) is 51.8. The number of thiophene rings is 1. The molecule has 0 aliphatic carbocycles. The average molecular weight is 467 g/mol. The number of imide groups is 1. The monoisotopic (exact) mass is 466 g/mol. The van der Waals surface area contributed by atoms with Crippen LogP contribution in [0.25, 0.3) is 0 Å². The molecule has 170 valence electrons. The van der Waals surface area contributed by atoms with Gasteiger partial charge in [0.1, 0.15) is 6.61 Å². The second kappa shape index (κ2) is 9.03. The largest absolute Gasteiger partial charge is 0.466 e. The van der Waals surface area contributed by atoms with Crippen LogP contribution in [-0.4, -0.2) is 48.9 Å². The maximum atomic E-state index is 13.2. The SMILES string of the molecule is COC(=O)C1=C(C)NC(C)=C(C(=O)OCCN2C(=O)c3ccccc3C2=O)C1c1ccsc1. The first-order chi connectivity index (χ1) is 15.8. The number of ether oxygens (including phenoxy) is 2. The van der Waals surface area contributed by atoms with Crippen molar-refractivity contribution in [2.45, 2.75) is 19.8 Å². The van der Waals surface area contributed by atoms with E-state index >= 15 is 0 Å². The molecule has 0 saturated carbocycles. The third kappa shape index (κ3) is 3.95. The molecule has 0 bridgehead atoms. The van der Waals surface area contributed by atoms with E-state index in [1.807, 2.05) is 16.8 Å². The van der Waals surface area contributed by atoms with E-state index < -0.39 is 29.7 Å². The number of nitrogens with zero attached hydrogens (tertiary/aromatic N) is 1. The molecule has 1 atom stereocenters. The lowest BCUT2D eigenvalue weighted by atomic mass is 9.81. The molecule has 1 unspecified atom stereocenters. The zero-order valence-corrected chi connectivity index (χ0v) is 19.2. The minimum atomic E-state index is -0.656. The summed E-state index contributed by atoms with van der Waals surface area (Å²) in [6.45, 7) is 3.24. The Morgan fingerprint density at radius 3 is 2.15 bits per heavy atom. The highest BCUT2D eigenvalue weighted by Crippen LogP contribution is 2.39. The van der Waals surface area contributed by atoms with Crippen molar-refractivity contribution in [3.05, 3.63) is 80.3 Å². The Bertz CT molecular complexity index is 1180. The molecule has 3 heterocycles. The molecule has 2 aliphatic rings. The fraction of sp³-hybridized carbons (Fsp3) is 0.250. The molecule has 1 aromatic heterocycles. The summed E-state index contributed by atoms with van der Waals surface area (Å²) in [5.41, 5.74) is 3.21. The van der Waals surface area contributed by atoms with E-state index in [4.69, 9.17) is 9.47 Å². The number of dihydropyridines is 1. The molecule has 2 aliphatic heterocycles. The first kappa shape index (κ1) is 22.5. The molecular formula is C24H22N2O6S. The van der Waals surface area contributed by atoms with Gasteiger partial charge in [-0.3, -0.25) is 14.5 Å². The number of methoxy groups -OCH3 is 1. The highest BCUT2D eigenvalue weighted by molar-refractivity contribution is 7.08. The van der Waals surface area contributed by atoms with Crippen molar-refractivity contribution in [3.8, 4) is 0 Å². The maximum Gasteiger partial charge on any atom is 0.336 e. The fourth-order valence-electron chi connectivity index (χ4n) is 4.17. The van der Waals surface area contributed by atoms with Crippen LogP contribution in [0, 0.1) is 0 Å². The molecule has 1 aromatic carbocycles. The normalized spacial score (nSPS) is 17.8. The minimum Gasteiger partial charge on any atom is -0.466 e. The lowest BCUT2D eigenvalue weighted by Gasteiger charge is -2.29. The van der Waals surface area contributed by atoms with Gasteiger partial charge in [-0.05, 0) is 48.4 Å².